The average molecular weight is 285 g/mol. The van der Waals surface area contributed by atoms with Gasteiger partial charge in [0.15, 0.2) is 0 Å². The molecule has 1 fully saturated rings. The summed E-state index contributed by atoms with van der Waals surface area (Å²) in [5.74, 6) is 0.999. The second-order valence-electron chi connectivity index (χ2n) is 4.47. The lowest BCUT2D eigenvalue weighted by molar-refractivity contribution is -0.119. The maximum atomic E-state index is 11.8. The van der Waals surface area contributed by atoms with Crippen LogP contribution >= 0.6 is 23.4 Å². The molecule has 0 aliphatic heterocycles. The predicted octanol–water partition coefficient (Wildman–Crippen LogP) is 2.29. The Bertz CT molecular complexity index is 423. The molecule has 1 aromatic rings. The highest BCUT2D eigenvalue weighted by atomic mass is 35.5. The fourth-order valence-electron chi connectivity index (χ4n) is 1.82. The SMILES string of the molecule is NCC(NC(=O)CSc1ccccc1Cl)C1CC1. The summed E-state index contributed by atoms with van der Waals surface area (Å²) >= 11 is 7.48. The predicted molar refractivity (Wildman–Crippen MR) is 75.9 cm³/mol. The van der Waals surface area contributed by atoms with Gasteiger partial charge in [-0.2, -0.15) is 0 Å². The second-order valence-corrected chi connectivity index (χ2v) is 5.89. The van der Waals surface area contributed by atoms with Crippen molar-refractivity contribution in [2.75, 3.05) is 12.3 Å². The Labute approximate surface area is 116 Å². The number of carbonyl (C=O) groups excluding carboxylic acids is 1. The van der Waals surface area contributed by atoms with Crippen molar-refractivity contribution in [3.63, 3.8) is 0 Å². The van der Waals surface area contributed by atoms with E-state index in [9.17, 15) is 4.79 Å². The first kappa shape index (κ1) is 13.7. The molecule has 3 nitrogen and oxygen atoms in total. The van der Waals surface area contributed by atoms with Crippen LogP contribution in [0.1, 0.15) is 12.8 Å². The van der Waals surface area contributed by atoms with E-state index >= 15 is 0 Å². The Morgan fingerprint density at radius 3 is 2.83 bits per heavy atom. The lowest BCUT2D eigenvalue weighted by atomic mass is 10.2. The normalized spacial score (nSPS) is 16.3. The maximum absolute atomic E-state index is 11.8. The van der Waals surface area contributed by atoms with Gasteiger partial charge in [0, 0.05) is 17.5 Å². The molecule has 1 atom stereocenters. The molecule has 0 radical (unpaired) electrons. The quantitative estimate of drug-likeness (QED) is 0.788. The van der Waals surface area contributed by atoms with E-state index in [4.69, 9.17) is 17.3 Å². The molecular formula is C13H17ClN2OS. The van der Waals surface area contributed by atoms with Crippen molar-refractivity contribution in [3.05, 3.63) is 29.3 Å². The number of rotatable bonds is 6. The first-order valence-corrected chi connectivity index (χ1v) is 7.44. The van der Waals surface area contributed by atoms with Gasteiger partial charge in [0.25, 0.3) is 0 Å². The molecule has 0 saturated heterocycles. The highest BCUT2D eigenvalue weighted by molar-refractivity contribution is 8.00. The number of nitrogens with one attached hydrogen (secondary N) is 1. The lowest BCUT2D eigenvalue weighted by Crippen LogP contribution is -2.42. The molecule has 18 heavy (non-hydrogen) atoms. The standard InChI is InChI=1S/C13H17ClN2OS/c14-10-3-1-2-4-12(10)18-8-13(17)16-11(7-15)9-5-6-9/h1-4,9,11H,5-8,15H2,(H,16,17). The Balaban J connectivity index is 1.79. The maximum Gasteiger partial charge on any atom is 0.230 e. The first-order chi connectivity index (χ1) is 8.70. The van der Waals surface area contributed by atoms with E-state index in [0.717, 1.165) is 4.90 Å². The zero-order chi connectivity index (χ0) is 13.0. The molecule has 1 aliphatic carbocycles. The van der Waals surface area contributed by atoms with Crippen molar-refractivity contribution in [3.8, 4) is 0 Å². The lowest BCUT2D eigenvalue weighted by Gasteiger charge is -2.15. The molecule has 1 aliphatic rings. The molecule has 1 unspecified atom stereocenters. The summed E-state index contributed by atoms with van der Waals surface area (Å²) in [5.41, 5.74) is 5.65. The van der Waals surface area contributed by atoms with E-state index in [1.807, 2.05) is 24.3 Å². The van der Waals surface area contributed by atoms with E-state index in [-0.39, 0.29) is 11.9 Å². The average Bonchev–Trinajstić information content (AvgIpc) is 3.19. The molecule has 1 saturated carbocycles. The van der Waals surface area contributed by atoms with E-state index in [1.54, 1.807) is 0 Å². The molecular weight excluding hydrogens is 268 g/mol. The van der Waals surface area contributed by atoms with Gasteiger partial charge in [-0.25, -0.2) is 0 Å². The molecule has 0 aromatic heterocycles. The zero-order valence-electron chi connectivity index (χ0n) is 10.1. The van der Waals surface area contributed by atoms with Crippen molar-refractivity contribution in [1.82, 2.24) is 5.32 Å². The molecule has 1 aromatic carbocycles. The summed E-state index contributed by atoms with van der Waals surface area (Å²) in [6.07, 6.45) is 2.36. The summed E-state index contributed by atoms with van der Waals surface area (Å²) in [6, 6.07) is 7.68. The van der Waals surface area contributed by atoms with E-state index in [1.165, 1.54) is 24.6 Å². The first-order valence-electron chi connectivity index (χ1n) is 6.07. The fraction of sp³-hybridized carbons (Fsp3) is 0.462. The van der Waals surface area contributed by atoms with Crippen molar-refractivity contribution in [2.24, 2.45) is 11.7 Å². The van der Waals surface area contributed by atoms with Crippen LogP contribution in [0, 0.1) is 5.92 Å². The van der Waals surface area contributed by atoms with Gasteiger partial charge in [0.1, 0.15) is 0 Å². The number of amides is 1. The van der Waals surface area contributed by atoms with Crippen LogP contribution in [0.4, 0.5) is 0 Å². The summed E-state index contributed by atoms with van der Waals surface area (Å²) in [5, 5.41) is 3.68. The monoisotopic (exact) mass is 284 g/mol. The molecule has 98 valence electrons. The van der Waals surface area contributed by atoms with E-state index in [0.29, 0.717) is 23.2 Å². The minimum absolute atomic E-state index is 0.0299. The van der Waals surface area contributed by atoms with Crippen LogP contribution in [0.5, 0.6) is 0 Å². The number of carbonyl (C=O) groups is 1. The van der Waals surface area contributed by atoms with Crippen LogP contribution in [0.25, 0.3) is 0 Å². The van der Waals surface area contributed by atoms with Gasteiger partial charge in [0.2, 0.25) is 5.91 Å². The largest absolute Gasteiger partial charge is 0.351 e. The van der Waals surface area contributed by atoms with Gasteiger partial charge < -0.3 is 11.1 Å². The highest BCUT2D eigenvalue weighted by Crippen LogP contribution is 2.32. The Hall–Kier alpha value is -0.710. The van der Waals surface area contributed by atoms with Crippen LogP contribution in [-0.4, -0.2) is 24.2 Å². The molecule has 3 N–H and O–H groups in total. The van der Waals surface area contributed by atoms with Gasteiger partial charge in [-0.1, -0.05) is 23.7 Å². The van der Waals surface area contributed by atoms with Crippen molar-refractivity contribution in [2.45, 2.75) is 23.8 Å². The number of thioether (sulfide) groups is 1. The molecule has 0 bridgehead atoms. The number of nitrogens with two attached hydrogens (primary N) is 1. The Kier molecular flexibility index (Phi) is 4.92. The minimum atomic E-state index is 0.0299. The third kappa shape index (κ3) is 3.90. The van der Waals surface area contributed by atoms with Crippen molar-refractivity contribution in [1.29, 1.82) is 0 Å². The van der Waals surface area contributed by atoms with Gasteiger partial charge in [-0.05, 0) is 30.9 Å². The molecule has 0 spiro atoms. The molecule has 2 rings (SSSR count). The van der Waals surface area contributed by atoms with Crippen LogP contribution in [0.15, 0.2) is 29.2 Å². The van der Waals surface area contributed by atoms with E-state index < -0.39 is 0 Å². The summed E-state index contributed by atoms with van der Waals surface area (Å²) in [4.78, 5) is 12.7. The number of hydrogen-bond acceptors (Lipinski definition) is 3. The van der Waals surface area contributed by atoms with Gasteiger partial charge in [-0.3, -0.25) is 4.79 Å². The summed E-state index contributed by atoms with van der Waals surface area (Å²) in [7, 11) is 0. The number of hydrogen-bond donors (Lipinski definition) is 2. The van der Waals surface area contributed by atoms with Gasteiger partial charge in [-0.15, -0.1) is 11.8 Å². The second kappa shape index (κ2) is 6.45. The molecule has 1 amide bonds. The van der Waals surface area contributed by atoms with Crippen molar-refractivity contribution < 1.29 is 4.79 Å². The zero-order valence-corrected chi connectivity index (χ0v) is 11.6. The van der Waals surface area contributed by atoms with Gasteiger partial charge >= 0.3 is 0 Å². The summed E-state index contributed by atoms with van der Waals surface area (Å²) < 4.78 is 0. The smallest absolute Gasteiger partial charge is 0.230 e. The van der Waals surface area contributed by atoms with Crippen LogP contribution in [0.3, 0.4) is 0 Å². The highest BCUT2D eigenvalue weighted by Gasteiger charge is 2.31. The third-order valence-corrected chi connectivity index (χ3v) is 4.50. The Morgan fingerprint density at radius 1 is 1.50 bits per heavy atom. The Morgan fingerprint density at radius 2 is 2.22 bits per heavy atom. The van der Waals surface area contributed by atoms with Crippen LogP contribution in [-0.2, 0) is 4.79 Å². The fourth-order valence-corrected chi connectivity index (χ4v) is 2.87. The van der Waals surface area contributed by atoms with Crippen LogP contribution < -0.4 is 11.1 Å². The minimum Gasteiger partial charge on any atom is -0.351 e. The van der Waals surface area contributed by atoms with Crippen molar-refractivity contribution >= 4 is 29.3 Å². The summed E-state index contributed by atoms with van der Waals surface area (Å²) in [6.45, 7) is 0.521. The number of halogens is 1. The van der Waals surface area contributed by atoms with Gasteiger partial charge in [0.05, 0.1) is 10.8 Å². The van der Waals surface area contributed by atoms with E-state index in [2.05, 4.69) is 5.32 Å². The topological polar surface area (TPSA) is 55.1 Å². The molecule has 0 heterocycles. The molecule has 5 heteroatoms. The van der Waals surface area contributed by atoms with Crippen LogP contribution in [0.2, 0.25) is 5.02 Å². The number of benzene rings is 1. The third-order valence-electron chi connectivity index (χ3n) is 2.99.